The molecule has 4 rings (SSSR count). The third-order valence-corrected chi connectivity index (χ3v) is 5.06. The molecule has 1 N–H and O–H groups in total. The van der Waals surface area contributed by atoms with Crippen LogP contribution in [0.3, 0.4) is 0 Å². The molecular formula is C19H19N5O2. The maximum atomic E-state index is 12.4. The van der Waals surface area contributed by atoms with Gasteiger partial charge in [0.05, 0.1) is 31.0 Å². The van der Waals surface area contributed by atoms with E-state index in [1.807, 2.05) is 18.2 Å². The second-order valence-electron chi connectivity index (χ2n) is 6.68. The smallest absolute Gasteiger partial charge is 0.271 e. The lowest BCUT2D eigenvalue weighted by atomic mass is 9.99. The highest BCUT2D eigenvalue weighted by Crippen LogP contribution is 2.31. The van der Waals surface area contributed by atoms with Crippen molar-refractivity contribution in [1.29, 1.82) is 5.26 Å². The quantitative estimate of drug-likeness (QED) is 0.885. The summed E-state index contributed by atoms with van der Waals surface area (Å²) in [5.74, 6) is 0.0526. The van der Waals surface area contributed by atoms with E-state index in [4.69, 9.17) is 10.00 Å². The molecule has 3 atom stereocenters. The van der Waals surface area contributed by atoms with Gasteiger partial charge in [-0.1, -0.05) is 12.1 Å². The fourth-order valence-electron chi connectivity index (χ4n) is 3.81. The number of hydrogen-bond donors (Lipinski definition) is 1. The Morgan fingerprint density at radius 2 is 2.31 bits per heavy atom. The Morgan fingerprint density at radius 1 is 1.38 bits per heavy atom. The van der Waals surface area contributed by atoms with Crippen LogP contribution in [0.2, 0.25) is 0 Å². The van der Waals surface area contributed by atoms with Crippen molar-refractivity contribution < 1.29 is 9.53 Å². The van der Waals surface area contributed by atoms with E-state index in [0.29, 0.717) is 24.5 Å². The van der Waals surface area contributed by atoms with Gasteiger partial charge in [0.25, 0.3) is 5.91 Å². The van der Waals surface area contributed by atoms with E-state index < -0.39 is 0 Å². The lowest BCUT2D eigenvalue weighted by Gasteiger charge is -2.22. The number of amides is 1. The summed E-state index contributed by atoms with van der Waals surface area (Å²) in [6.07, 6.45) is 4.53. The van der Waals surface area contributed by atoms with Crippen LogP contribution in [0.5, 0.6) is 0 Å². The minimum absolute atomic E-state index is 0.0103. The number of ether oxygens (including phenoxy) is 1. The highest BCUT2D eigenvalue weighted by atomic mass is 16.5. The van der Waals surface area contributed by atoms with Gasteiger partial charge in [-0.15, -0.1) is 0 Å². The van der Waals surface area contributed by atoms with Crippen molar-refractivity contribution in [3.05, 3.63) is 59.7 Å². The third-order valence-electron chi connectivity index (χ3n) is 5.06. The van der Waals surface area contributed by atoms with Crippen molar-refractivity contribution >= 4 is 5.91 Å². The van der Waals surface area contributed by atoms with Gasteiger partial charge in [0.1, 0.15) is 5.69 Å². The summed E-state index contributed by atoms with van der Waals surface area (Å²) in [4.78, 5) is 22.8. The summed E-state index contributed by atoms with van der Waals surface area (Å²) < 4.78 is 5.67. The summed E-state index contributed by atoms with van der Waals surface area (Å²) in [6, 6.07) is 10.1. The first-order valence-corrected chi connectivity index (χ1v) is 8.62. The van der Waals surface area contributed by atoms with Crippen molar-refractivity contribution in [3.63, 3.8) is 0 Å². The fraction of sp³-hybridized carbons (Fsp3) is 0.368. The molecule has 2 aliphatic heterocycles. The topological polar surface area (TPSA) is 91.1 Å². The number of hydrogen-bond acceptors (Lipinski definition) is 6. The van der Waals surface area contributed by atoms with Gasteiger partial charge in [0.2, 0.25) is 0 Å². The van der Waals surface area contributed by atoms with Crippen LogP contribution in [-0.2, 0) is 11.3 Å². The monoisotopic (exact) mass is 349 g/mol. The number of carbonyl (C=O) groups is 1. The van der Waals surface area contributed by atoms with Crippen LogP contribution in [0.1, 0.15) is 21.6 Å². The number of nitrogens with one attached hydrogen (secondary N) is 1. The molecule has 26 heavy (non-hydrogen) atoms. The van der Waals surface area contributed by atoms with Gasteiger partial charge in [-0.25, -0.2) is 4.98 Å². The Labute approximate surface area is 151 Å². The van der Waals surface area contributed by atoms with Gasteiger partial charge in [-0.05, 0) is 17.7 Å². The molecule has 7 nitrogen and oxygen atoms in total. The van der Waals surface area contributed by atoms with Crippen molar-refractivity contribution in [2.24, 2.45) is 5.92 Å². The number of rotatable bonds is 4. The van der Waals surface area contributed by atoms with E-state index in [1.54, 1.807) is 12.3 Å². The van der Waals surface area contributed by atoms with E-state index in [-0.39, 0.29) is 23.9 Å². The van der Waals surface area contributed by atoms with Crippen LogP contribution >= 0.6 is 0 Å². The lowest BCUT2D eigenvalue weighted by molar-refractivity contribution is 0.0910. The molecule has 1 aromatic carbocycles. The minimum atomic E-state index is -0.206. The summed E-state index contributed by atoms with van der Waals surface area (Å²) in [5, 5.41) is 12.2. The van der Waals surface area contributed by atoms with Crippen LogP contribution in [0.25, 0.3) is 0 Å². The van der Waals surface area contributed by atoms with Gasteiger partial charge >= 0.3 is 0 Å². The Hall–Kier alpha value is -2.82. The number of nitrogens with zero attached hydrogens (tertiary/aromatic N) is 4. The molecular weight excluding hydrogens is 330 g/mol. The summed E-state index contributed by atoms with van der Waals surface area (Å²) in [5.41, 5.74) is 2.08. The number of fused-ring (bicyclic) bond motifs is 1. The van der Waals surface area contributed by atoms with Gasteiger partial charge < -0.3 is 10.1 Å². The third kappa shape index (κ3) is 3.29. The number of likely N-dealkylation sites (tertiary alicyclic amines) is 1. The molecule has 1 aromatic heterocycles. The van der Waals surface area contributed by atoms with E-state index in [9.17, 15) is 4.79 Å². The number of nitriles is 1. The van der Waals surface area contributed by atoms with Crippen LogP contribution in [0.4, 0.5) is 0 Å². The molecule has 2 saturated heterocycles. The van der Waals surface area contributed by atoms with Crippen LogP contribution in [-0.4, -0.2) is 52.6 Å². The largest absolute Gasteiger partial charge is 0.379 e. The Kier molecular flexibility index (Phi) is 4.61. The van der Waals surface area contributed by atoms with E-state index in [0.717, 1.165) is 18.7 Å². The maximum absolute atomic E-state index is 12.4. The molecule has 0 aliphatic carbocycles. The lowest BCUT2D eigenvalue weighted by Crippen LogP contribution is -2.41. The molecule has 0 unspecified atom stereocenters. The molecule has 0 bridgehead atoms. The molecule has 2 aromatic rings. The van der Waals surface area contributed by atoms with E-state index in [1.165, 1.54) is 12.4 Å². The average Bonchev–Trinajstić information content (AvgIpc) is 3.28. The first-order valence-electron chi connectivity index (χ1n) is 8.62. The molecule has 0 saturated carbocycles. The molecule has 132 valence electrons. The zero-order valence-corrected chi connectivity index (χ0v) is 14.2. The van der Waals surface area contributed by atoms with Crippen LogP contribution in [0.15, 0.2) is 42.9 Å². The van der Waals surface area contributed by atoms with Gasteiger partial charge in [-0.2, -0.15) is 5.26 Å². The van der Waals surface area contributed by atoms with E-state index in [2.05, 4.69) is 26.3 Å². The van der Waals surface area contributed by atoms with Crippen LogP contribution in [0, 0.1) is 17.2 Å². The normalized spacial score (nSPS) is 24.8. The van der Waals surface area contributed by atoms with Crippen molar-refractivity contribution in [1.82, 2.24) is 20.2 Å². The van der Waals surface area contributed by atoms with Gasteiger partial charge in [0, 0.05) is 43.5 Å². The number of benzene rings is 1. The van der Waals surface area contributed by atoms with Crippen molar-refractivity contribution in [2.75, 3.05) is 19.8 Å². The highest BCUT2D eigenvalue weighted by molar-refractivity contribution is 5.92. The highest BCUT2D eigenvalue weighted by Gasteiger charge is 2.45. The SMILES string of the molecule is N#Cc1cccc(CN2C[C@@H](NC(=O)c3cnccn3)[C@H]3COC[C@H]32)c1. The predicted octanol–water partition coefficient (Wildman–Crippen LogP) is 0.977. The van der Waals surface area contributed by atoms with Crippen molar-refractivity contribution in [3.8, 4) is 6.07 Å². The predicted molar refractivity (Wildman–Crippen MR) is 93.0 cm³/mol. The maximum Gasteiger partial charge on any atom is 0.271 e. The number of aromatic nitrogens is 2. The zero-order valence-electron chi connectivity index (χ0n) is 14.2. The molecule has 2 fully saturated rings. The minimum Gasteiger partial charge on any atom is -0.379 e. The van der Waals surface area contributed by atoms with Gasteiger partial charge in [-0.3, -0.25) is 14.7 Å². The second kappa shape index (κ2) is 7.20. The fourth-order valence-corrected chi connectivity index (χ4v) is 3.81. The molecule has 2 aliphatic rings. The second-order valence-corrected chi connectivity index (χ2v) is 6.68. The standard InChI is InChI=1S/C19H19N5O2/c20-7-13-2-1-3-14(6-13)9-24-10-17(15-11-26-12-18(15)24)23-19(25)16-8-21-4-5-22-16/h1-6,8,15,17-18H,9-12H2,(H,23,25)/t15-,17-,18-/m1/s1. The molecule has 1 amide bonds. The Morgan fingerprint density at radius 3 is 3.12 bits per heavy atom. The molecule has 0 spiro atoms. The van der Waals surface area contributed by atoms with Gasteiger partial charge in [0.15, 0.2) is 0 Å². The summed E-state index contributed by atoms with van der Waals surface area (Å²) in [7, 11) is 0. The molecule has 0 radical (unpaired) electrons. The molecule has 3 heterocycles. The van der Waals surface area contributed by atoms with E-state index >= 15 is 0 Å². The molecule has 7 heteroatoms. The first kappa shape index (κ1) is 16.6. The van der Waals surface area contributed by atoms with Crippen LogP contribution < -0.4 is 5.32 Å². The average molecular weight is 349 g/mol. The Balaban J connectivity index is 1.47. The first-order chi connectivity index (χ1) is 12.7. The van der Waals surface area contributed by atoms with Crippen molar-refractivity contribution in [2.45, 2.75) is 18.6 Å². The zero-order chi connectivity index (χ0) is 17.9. The number of carbonyl (C=O) groups excluding carboxylic acids is 1. The summed E-state index contributed by atoms with van der Waals surface area (Å²) in [6.45, 7) is 2.80. The summed E-state index contributed by atoms with van der Waals surface area (Å²) >= 11 is 0. The Bertz CT molecular complexity index is 835.